The molecular weight excluding hydrogens is 254 g/mol. The van der Waals surface area contributed by atoms with Gasteiger partial charge in [-0.15, -0.1) is 11.8 Å². The fourth-order valence-electron chi connectivity index (χ4n) is 2.57. The topological polar surface area (TPSA) is 38.7 Å². The Morgan fingerprint density at radius 3 is 2.74 bits per heavy atom. The molecule has 0 saturated heterocycles. The maximum atomic E-state index is 4.21. The Hall–Kier alpha value is -1.94. The van der Waals surface area contributed by atoms with Crippen LogP contribution < -0.4 is 0 Å². The standard InChI is InChI=1S/C15H11N3S/c1-2-4-13-11(3-1)12-6-5-10(7-14(12)19-13)15-17-8-16-9-18-15/h1-9,11,13H. The second-order valence-electron chi connectivity index (χ2n) is 4.59. The van der Waals surface area contributed by atoms with E-state index in [1.54, 1.807) is 0 Å². The van der Waals surface area contributed by atoms with Crippen molar-refractivity contribution in [1.82, 2.24) is 15.0 Å². The van der Waals surface area contributed by atoms with Crippen molar-refractivity contribution in [2.24, 2.45) is 0 Å². The highest BCUT2D eigenvalue weighted by Gasteiger charge is 2.31. The molecule has 4 rings (SSSR count). The average molecular weight is 265 g/mol. The van der Waals surface area contributed by atoms with Gasteiger partial charge < -0.3 is 0 Å². The number of hydrogen-bond acceptors (Lipinski definition) is 4. The summed E-state index contributed by atoms with van der Waals surface area (Å²) < 4.78 is 0. The Morgan fingerprint density at radius 2 is 1.84 bits per heavy atom. The summed E-state index contributed by atoms with van der Waals surface area (Å²) in [5.74, 6) is 1.25. The van der Waals surface area contributed by atoms with Gasteiger partial charge in [0.1, 0.15) is 12.7 Å². The predicted molar refractivity (Wildman–Crippen MR) is 75.9 cm³/mol. The Bertz CT molecular complexity index is 679. The smallest absolute Gasteiger partial charge is 0.162 e. The van der Waals surface area contributed by atoms with Crippen molar-refractivity contribution in [2.75, 3.05) is 0 Å². The van der Waals surface area contributed by atoms with Crippen LogP contribution in [0.4, 0.5) is 0 Å². The summed E-state index contributed by atoms with van der Waals surface area (Å²) in [7, 11) is 0. The molecule has 1 aromatic heterocycles. The van der Waals surface area contributed by atoms with Crippen LogP contribution in [0.1, 0.15) is 11.5 Å². The number of nitrogens with zero attached hydrogens (tertiary/aromatic N) is 3. The van der Waals surface area contributed by atoms with Gasteiger partial charge in [0, 0.05) is 21.6 Å². The van der Waals surface area contributed by atoms with E-state index in [0.29, 0.717) is 11.2 Å². The first kappa shape index (κ1) is 10.9. The molecule has 0 radical (unpaired) electrons. The molecule has 0 amide bonds. The van der Waals surface area contributed by atoms with Gasteiger partial charge >= 0.3 is 0 Å². The molecule has 92 valence electrons. The van der Waals surface area contributed by atoms with E-state index in [4.69, 9.17) is 0 Å². The summed E-state index contributed by atoms with van der Waals surface area (Å²) in [6, 6.07) is 6.49. The van der Waals surface area contributed by atoms with Crippen molar-refractivity contribution in [3.05, 3.63) is 60.7 Å². The summed E-state index contributed by atoms with van der Waals surface area (Å²) in [5, 5.41) is 0.536. The lowest BCUT2D eigenvalue weighted by atomic mass is 9.92. The van der Waals surface area contributed by atoms with Gasteiger partial charge in [0.2, 0.25) is 0 Å². The van der Waals surface area contributed by atoms with Crippen LogP contribution in [0.25, 0.3) is 11.4 Å². The maximum absolute atomic E-state index is 4.21. The third kappa shape index (κ3) is 1.79. The molecule has 4 heteroatoms. The molecule has 2 unspecified atom stereocenters. The van der Waals surface area contributed by atoms with E-state index >= 15 is 0 Å². The molecule has 0 N–H and O–H groups in total. The van der Waals surface area contributed by atoms with Crippen LogP contribution in [0.3, 0.4) is 0 Å². The molecule has 1 aliphatic heterocycles. The quantitative estimate of drug-likeness (QED) is 0.793. The molecule has 19 heavy (non-hydrogen) atoms. The first-order valence-electron chi connectivity index (χ1n) is 6.20. The van der Waals surface area contributed by atoms with E-state index in [1.165, 1.54) is 23.1 Å². The zero-order chi connectivity index (χ0) is 12.7. The molecule has 1 aliphatic carbocycles. The van der Waals surface area contributed by atoms with E-state index in [9.17, 15) is 0 Å². The summed E-state index contributed by atoms with van der Waals surface area (Å²) in [4.78, 5) is 13.6. The molecule has 2 aromatic rings. The Morgan fingerprint density at radius 1 is 1.00 bits per heavy atom. The van der Waals surface area contributed by atoms with Crippen molar-refractivity contribution in [1.29, 1.82) is 0 Å². The van der Waals surface area contributed by atoms with E-state index < -0.39 is 0 Å². The molecule has 0 fully saturated rings. The van der Waals surface area contributed by atoms with Crippen LogP contribution in [0.5, 0.6) is 0 Å². The normalized spacial score (nSPS) is 23.2. The zero-order valence-electron chi connectivity index (χ0n) is 10.1. The number of aromatic nitrogens is 3. The Labute approximate surface area is 115 Å². The van der Waals surface area contributed by atoms with Crippen molar-refractivity contribution in [3.63, 3.8) is 0 Å². The summed E-state index contributed by atoms with van der Waals surface area (Å²) in [6.07, 6.45) is 11.9. The van der Waals surface area contributed by atoms with Crippen LogP contribution in [-0.2, 0) is 0 Å². The van der Waals surface area contributed by atoms with Gasteiger partial charge in [0.25, 0.3) is 0 Å². The third-order valence-corrected chi connectivity index (χ3v) is 4.80. The van der Waals surface area contributed by atoms with Crippen LogP contribution in [-0.4, -0.2) is 20.2 Å². The van der Waals surface area contributed by atoms with Gasteiger partial charge in [0.15, 0.2) is 5.82 Å². The largest absolute Gasteiger partial charge is 0.225 e. The fourth-order valence-corrected chi connectivity index (χ4v) is 3.95. The number of fused-ring (bicyclic) bond motifs is 3. The monoisotopic (exact) mass is 265 g/mol. The van der Waals surface area contributed by atoms with Gasteiger partial charge in [-0.1, -0.05) is 36.4 Å². The van der Waals surface area contributed by atoms with E-state index in [1.807, 2.05) is 11.8 Å². The molecule has 3 nitrogen and oxygen atoms in total. The first-order valence-corrected chi connectivity index (χ1v) is 7.08. The molecule has 2 aliphatic rings. The number of rotatable bonds is 1. The van der Waals surface area contributed by atoms with E-state index in [-0.39, 0.29) is 0 Å². The Kier molecular flexibility index (Phi) is 2.48. The van der Waals surface area contributed by atoms with Gasteiger partial charge in [-0.2, -0.15) is 0 Å². The Balaban J connectivity index is 1.77. The minimum absolute atomic E-state index is 0.511. The van der Waals surface area contributed by atoms with Gasteiger partial charge in [-0.25, -0.2) is 15.0 Å². The third-order valence-electron chi connectivity index (χ3n) is 3.47. The van der Waals surface area contributed by atoms with Crippen LogP contribution in [0.15, 0.2) is 60.1 Å². The number of thioether (sulfide) groups is 1. The van der Waals surface area contributed by atoms with Gasteiger partial charge in [0.05, 0.1) is 0 Å². The molecule has 0 spiro atoms. The highest BCUT2D eigenvalue weighted by atomic mass is 32.2. The predicted octanol–water partition coefficient (Wildman–Crippen LogP) is 3.22. The van der Waals surface area contributed by atoms with Crippen LogP contribution in [0, 0.1) is 0 Å². The summed E-state index contributed by atoms with van der Waals surface area (Å²) in [6.45, 7) is 0. The minimum Gasteiger partial charge on any atom is -0.225 e. The average Bonchev–Trinajstić information content (AvgIpc) is 2.86. The molecule has 1 aromatic carbocycles. The molecule has 0 bridgehead atoms. The number of allylic oxidation sites excluding steroid dienone is 3. The van der Waals surface area contributed by atoms with Crippen molar-refractivity contribution < 1.29 is 0 Å². The molecule has 0 saturated carbocycles. The van der Waals surface area contributed by atoms with Crippen LogP contribution >= 0.6 is 11.8 Å². The first-order chi connectivity index (χ1) is 9.42. The molecule has 2 atom stereocenters. The maximum Gasteiger partial charge on any atom is 0.162 e. The van der Waals surface area contributed by atoms with Crippen LogP contribution in [0.2, 0.25) is 0 Å². The highest BCUT2D eigenvalue weighted by molar-refractivity contribution is 8.00. The zero-order valence-corrected chi connectivity index (χ0v) is 10.9. The van der Waals surface area contributed by atoms with Crippen molar-refractivity contribution in [3.8, 4) is 11.4 Å². The minimum atomic E-state index is 0.511. The number of hydrogen-bond donors (Lipinski definition) is 0. The fraction of sp³-hybridized carbons (Fsp3) is 0.133. The van der Waals surface area contributed by atoms with Gasteiger partial charge in [-0.05, 0) is 11.6 Å². The van der Waals surface area contributed by atoms with E-state index in [0.717, 1.165) is 11.4 Å². The SMILES string of the molecule is C1=CC2Sc3cc(-c4ncncn4)ccc3C2C=C1. The van der Waals surface area contributed by atoms with E-state index in [2.05, 4.69) is 57.5 Å². The molecular formula is C15H11N3S. The second kappa shape index (κ2) is 4.31. The molecule has 2 heterocycles. The van der Waals surface area contributed by atoms with Crippen molar-refractivity contribution >= 4 is 11.8 Å². The van der Waals surface area contributed by atoms with Gasteiger partial charge in [-0.3, -0.25) is 0 Å². The lowest BCUT2D eigenvalue weighted by Gasteiger charge is -2.14. The highest BCUT2D eigenvalue weighted by Crippen LogP contribution is 2.48. The second-order valence-corrected chi connectivity index (χ2v) is 5.81. The number of benzene rings is 1. The lowest BCUT2D eigenvalue weighted by molar-refractivity contribution is 0.881. The van der Waals surface area contributed by atoms with Crippen molar-refractivity contribution in [2.45, 2.75) is 16.1 Å². The lowest BCUT2D eigenvalue weighted by Crippen LogP contribution is -2.06. The summed E-state index contributed by atoms with van der Waals surface area (Å²) in [5.41, 5.74) is 2.47. The summed E-state index contributed by atoms with van der Waals surface area (Å²) >= 11 is 1.92.